The number of rotatable bonds is 2. The van der Waals surface area contributed by atoms with E-state index in [2.05, 4.69) is 5.48 Å². The molecule has 2 rings (SSSR count). The zero-order valence-electron chi connectivity index (χ0n) is 8.93. The van der Waals surface area contributed by atoms with Crippen LogP contribution in [0.25, 0.3) is 0 Å². The molecule has 0 aromatic heterocycles. The van der Waals surface area contributed by atoms with Crippen molar-refractivity contribution in [3.05, 3.63) is 27.7 Å². The number of hydrogen-bond donors (Lipinski definition) is 1. The van der Waals surface area contributed by atoms with E-state index in [0.717, 1.165) is 18.4 Å². The zero-order chi connectivity index (χ0) is 11.5. The van der Waals surface area contributed by atoms with Crippen LogP contribution in [0.5, 0.6) is 5.75 Å². The van der Waals surface area contributed by atoms with Crippen molar-refractivity contribution in [2.75, 3.05) is 13.7 Å². The van der Waals surface area contributed by atoms with Gasteiger partial charge in [0, 0.05) is 10.6 Å². The molecule has 1 heterocycles. The molecule has 16 heavy (non-hydrogen) atoms. The van der Waals surface area contributed by atoms with Gasteiger partial charge in [0.1, 0.15) is 5.75 Å². The average Bonchev–Trinajstić information content (AvgIpc) is 2.48. The minimum absolute atomic E-state index is 0.0219. The van der Waals surface area contributed by atoms with Crippen molar-refractivity contribution in [1.82, 2.24) is 5.48 Å². The first-order valence-corrected chi connectivity index (χ1v) is 5.89. The molecule has 0 radical (unpaired) electrons. The van der Waals surface area contributed by atoms with E-state index < -0.39 is 0 Å². The lowest BCUT2D eigenvalue weighted by Gasteiger charge is -2.18. The van der Waals surface area contributed by atoms with Gasteiger partial charge in [-0.05, 0) is 25.0 Å². The molecule has 0 spiro atoms. The third kappa shape index (κ3) is 2.28. The molecule has 1 aromatic rings. The normalized spacial score (nSPS) is 19.8. The first-order chi connectivity index (χ1) is 7.74. The van der Waals surface area contributed by atoms with Crippen molar-refractivity contribution >= 4 is 23.2 Å². The van der Waals surface area contributed by atoms with E-state index in [4.69, 9.17) is 32.8 Å². The summed E-state index contributed by atoms with van der Waals surface area (Å²) in [5, 5.41) is 1.24. The summed E-state index contributed by atoms with van der Waals surface area (Å²) in [5.74, 6) is 0.668. The molecule has 0 saturated carbocycles. The molecule has 5 heteroatoms. The number of fused-ring (bicyclic) bond motifs is 1. The maximum Gasteiger partial charge on any atom is 0.144 e. The molecule has 1 unspecified atom stereocenters. The first-order valence-electron chi connectivity index (χ1n) is 5.13. The maximum absolute atomic E-state index is 6.18. The van der Waals surface area contributed by atoms with Gasteiger partial charge in [0.2, 0.25) is 0 Å². The molecule has 3 nitrogen and oxygen atoms in total. The molecular formula is C11H13Cl2NO2. The third-order valence-electron chi connectivity index (χ3n) is 2.59. The Morgan fingerprint density at radius 1 is 1.38 bits per heavy atom. The first kappa shape index (κ1) is 12.0. The van der Waals surface area contributed by atoms with Gasteiger partial charge < -0.3 is 9.57 Å². The van der Waals surface area contributed by atoms with Crippen LogP contribution in [-0.2, 0) is 4.84 Å². The predicted octanol–water partition coefficient (Wildman–Crippen LogP) is 3.36. The minimum Gasteiger partial charge on any atom is -0.492 e. The molecule has 88 valence electrons. The number of hydroxylamine groups is 1. The summed E-state index contributed by atoms with van der Waals surface area (Å²) in [6, 6.07) is 3.55. The van der Waals surface area contributed by atoms with E-state index in [9.17, 15) is 0 Å². The minimum atomic E-state index is 0.0219. The second-order valence-electron chi connectivity index (χ2n) is 3.64. The fourth-order valence-electron chi connectivity index (χ4n) is 1.89. The number of benzene rings is 1. The molecule has 1 aliphatic heterocycles. The Hall–Kier alpha value is -0.480. The Morgan fingerprint density at radius 2 is 2.12 bits per heavy atom. The van der Waals surface area contributed by atoms with Crippen LogP contribution in [0.15, 0.2) is 12.1 Å². The van der Waals surface area contributed by atoms with E-state index >= 15 is 0 Å². The number of nitrogens with one attached hydrogen (secondary N) is 1. The fraction of sp³-hybridized carbons (Fsp3) is 0.455. The van der Waals surface area contributed by atoms with Gasteiger partial charge in [0.05, 0.1) is 24.8 Å². The Balaban J connectivity index is 2.46. The lowest BCUT2D eigenvalue weighted by Crippen LogP contribution is -2.19. The lowest BCUT2D eigenvalue weighted by molar-refractivity contribution is 0.0580. The van der Waals surface area contributed by atoms with Gasteiger partial charge in [0.25, 0.3) is 0 Å². The molecule has 1 atom stereocenters. The van der Waals surface area contributed by atoms with Crippen LogP contribution in [0, 0.1) is 0 Å². The molecule has 0 saturated heterocycles. The highest BCUT2D eigenvalue weighted by molar-refractivity contribution is 6.35. The number of halogens is 2. The highest BCUT2D eigenvalue weighted by Crippen LogP contribution is 2.41. The smallest absolute Gasteiger partial charge is 0.144 e. The average molecular weight is 262 g/mol. The summed E-state index contributed by atoms with van der Waals surface area (Å²) in [5.41, 5.74) is 3.81. The highest BCUT2D eigenvalue weighted by atomic mass is 35.5. The number of ether oxygens (including phenoxy) is 1. The van der Waals surface area contributed by atoms with Crippen LogP contribution in [0.3, 0.4) is 0 Å². The van der Waals surface area contributed by atoms with E-state index in [1.54, 1.807) is 19.2 Å². The third-order valence-corrected chi connectivity index (χ3v) is 3.21. The van der Waals surface area contributed by atoms with E-state index in [1.807, 2.05) is 0 Å². The standard InChI is InChI=1S/C11H13Cl2NO2/c1-15-14-9-3-2-6-16-11-8(13)5-4-7(12)10(9)11/h4-5,9,14H,2-3,6H2,1H3. The van der Waals surface area contributed by atoms with Gasteiger partial charge in [-0.3, -0.25) is 0 Å². The Morgan fingerprint density at radius 3 is 2.88 bits per heavy atom. The van der Waals surface area contributed by atoms with Gasteiger partial charge in [-0.2, -0.15) is 5.48 Å². The molecule has 0 bridgehead atoms. The Kier molecular flexibility index (Phi) is 3.92. The van der Waals surface area contributed by atoms with Crippen molar-refractivity contribution in [3.63, 3.8) is 0 Å². The quantitative estimate of drug-likeness (QED) is 0.829. The maximum atomic E-state index is 6.18. The summed E-state index contributed by atoms with van der Waals surface area (Å²) in [6.45, 7) is 0.648. The lowest BCUT2D eigenvalue weighted by atomic mass is 10.0. The molecule has 1 aromatic carbocycles. The van der Waals surface area contributed by atoms with Crippen molar-refractivity contribution in [1.29, 1.82) is 0 Å². The molecule has 0 fully saturated rings. The van der Waals surface area contributed by atoms with Crippen LogP contribution in [-0.4, -0.2) is 13.7 Å². The summed E-state index contributed by atoms with van der Waals surface area (Å²) in [6.07, 6.45) is 1.84. The van der Waals surface area contributed by atoms with Crippen LogP contribution in [0.1, 0.15) is 24.4 Å². The van der Waals surface area contributed by atoms with Gasteiger partial charge in [0.15, 0.2) is 0 Å². The number of hydrogen-bond acceptors (Lipinski definition) is 3. The second-order valence-corrected chi connectivity index (χ2v) is 4.45. The van der Waals surface area contributed by atoms with Gasteiger partial charge in [-0.15, -0.1) is 0 Å². The molecular weight excluding hydrogens is 249 g/mol. The van der Waals surface area contributed by atoms with Crippen molar-refractivity contribution in [3.8, 4) is 5.75 Å². The zero-order valence-corrected chi connectivity index (χ0v) is 10.4. The second kappa shape index (κ2) is 5.23. The topological polar surface area (TPSA) is 30.5 Å². The molecule has 1 N–H and O–H groups in total. The van der Waals surface area contributed by atoms with Crippen LogP contribution < -0.4 is 10.2 Å². The van der Waals surface area contributed by atoms with Gasteiger partial charge in [-0.1, -0.05) is 23.2 Å². The molecule has 0 aliphatic carbocycles. The summed E-state index contributed by atoms with van der Waals surface area (Å²) in [4.78, 5) is 4.98. The highest BCUT2D eigenvalue weighted by Gasteiger charge is 2.24. The Labute approximate surface area is 105 Å². The summed E-state index contributed by atoms with van der Waals surface area (Å²) < 4.78 is 5.62. The monoisotopic (exact) mass is 261 g/mol. The molecule has 1 aliphatic rings. The predicted molar refractivity (Wildman–Crippen MR) is 64.1 cm³/mol. The van der Waals surface area contributed by atoms with Crippen molar-refractivity contribution in [2.45, 2.75) is 18.9 Å². The van der Waals surface area contributed by atoms with E-state index in [-0.39, 0.29) is 6.04 Å². The summed E-state index contributed by atoms with van der Waals surface area (Å²) in [7, 11) is 1.59. The van der Waals surface area contributed by atoms with Crippen molar-refractivity contribution in [2.24, 2.45) is 0 Å². The SMILES string of the molecule is CONC1CCCOc2c(Cl)ccc(Cl)c21. The van der Waals surface area contributed by atoms with Crippen LogP contribution >= 0.6 is 23.2 Å². The van der Waals surface area contributed by atoms with E-state index in [0.29, 0.717) is 22.4 Å². The van der Waals surface area contributed by atoms with Gasteiger partial charge >= 0.3 is 0 Å². The largest absolute Gasteiger partial charge is 0.492 e. The van der Waals surface area contributed by atoms with E-state index in [1.165, 1.54) is 0 Å². The van der Waals surface area contributed by atoms with Gasteiger partial charge in [-0.25, -0.2) is 0 Å². The van der Waals surface area contributed by atoms with Crippen LogP contribution in [0.4, 0.5) is 0 Å². The van der Waals surface area contributed by atoms with Crippen molar-refractivity contribution < 1.29 is 9.57 Å². The van der Waals surface area contributed by atoms with Crippen LogP contribution in [0.2, 0.25) is 10.0 Å². The Bertz CT molecular complexity index is 384. The summed E-state index contributed by atoms with van der Waals surface area (Å²) >= 11 is 12.3. The fourth-order valence-corrected chi connectivity index (χ4v) is 2.39. The molecule has 0 amide bonds.